The molecule has 1 nitrogen and oxygen atoms in total. The maximum absolute atomic E-state index is 6.07. The van der Waals surface area contributed by atoms with E-state index >= 15 is 0 Å². The Hall–Kier alpha value is -0.0200. The Kier molecular flexibility index (Phi) is 3.13. The highest BCUT2D eigenvalue weighted by Gasteiger charge is 2.11. The van der Waals surface area contributed by atoms with E-state index in [-0.39, 0.29) is 0 Å². The van der Waals surface area contributed by atoms with Crippen molar-refractivity contribution < 1.29 is 0 Å². The van der Waals surface area contributed by atoms with Gasteiger partial charge >= 0.3 is 0 Å². The van der Waals surface area contributed by atoms with E-state index in [0.29, 0.717) is 20.7 Å². The molecule has 0 atom stereocenters. The van der Waals surface area contributed by atoms with Crippen molar-refractivity contribution in [3.05, 3.63) is 37.4 Å². The molecule has 0 spiro atoms. The monoisotopic (exact) mass is 323 g/mol. The normalized spacial score (nSPS) is 11.0. The van der Waals surface area contributed by atoms with Crippen LogP contribution in [0, 0.1) is 6.92 Å². The summed E-state index contributed by atoms with van der Waals surface area (Å²) in [6.45, 7) is 1.89. The summed E-state index contributed by atoms with van der Waals surface area (Å²) in [6.07, 6.45) is 0. The zero-order chi connectivity index (χ0) is 11.2. The van der Waals surface area contributed by atoms with E-state index in [2.05, 4.69) is 20.9 Å². The molecule has 0 fully saturated rings. The Morgan fingerprint density at radius 3 is 2.47 bits per heavy atom. The lowest BCUT2D eigenvalue weighted by molar-refractivity contribution is 1.33. The van der Waals surface area contributed by atoms with Gasteiger partial charge < -0.3 is 0 Å². The summed E-state index contributed by atoms with van der Waals surface area (Å²) in [6, 6.07) is 3.80. The Morgan fingerprint density at radius 2 is 1.80 bits per heavy atom. The van der Waals surface area contributed by atoms with Crippen LogP contribution in [0.25, 0.3) is 10.9 Å². The molecule has 2 rings (SSSR count). The SMILES string of the molecule is Cc1cc2cc(Br)c(Cl)c(Cl)c2nc1Cl. The van der Waals surface area contributed by atoms with Crippen LogP contribution < -0.4 is 0 Å². The van der Waals surface area contributed by atoms with Crippen LogP contribution in [0.15, 0.2) is 16.6 Å². The number of aryl methyl sites for hydroxylation is 1. The van der Waals surface area contributed by atoms with Gasteiger partial charge in [0.2, 0.25) is 0 Å². The Balaban J connectivity index is 2.93. The molecule has 2 aromatic rings. The quantitative estimate of drug-likeness (QED) is 0.475. The standard InChI is InChI=1S/C10H5BrCl3N/c1-4-2-5-3-6(11)7(12)8(13)9(5)15-10(4)14/h2-3H,1H3. The molecule has 0 aliphatic rings. The van der Waals surface area contributed by atoms with E-state index in [0.717, 1.165) is 15.4 Å². The molecular weight excluding hydrogens is 320 g/mol. The minimum absolute atomic E-state index is 0.419. The average molecular weight is 325 g/mol. The van der Waals surface area contributed by atoms with Crippen molar-refractivity contribution in [1.29, 1.82) is 0 Å². The number of hydrogen-bond acceptors (Lipinski definition) is 1. The molecule has 0 aliphatic carbocycles. The van der Waals surface area contributed by atoms with E-state index in [1.807, 2.05) is 19.1 Å². The summed E-state index contributed by atoms with van der Waals surface area (Å²) in [4.78, 5) is 4.20. The summed E-state index contributed by atoms with van der Waals surface area (Å²) in [5.41, 5.74) is 1.54. The van der Waals surface area contributed by atoms with Gasteiger partial charge in [0.05, 0.1) is 15.6 Å². The van der Waals surface area contributed by atoms with Gasteiger partial charge in [-0.1, -0.05) is 34.8 Å². The lowest BCUT2D eigenvalue weighted by Crippen LogP contribution is -1.87. The first-order chi connectivity index (χ1) is 7.00. The molecule has 1 aromatic carbocycles. The average Bonchev–Trinajstić information content (AvgIpc) is 2.19. The smallest absolute Gasteiger partial charge is 0.132 e. The molecule has 0 unspecified atom stereocenters. The van der Waals surface area contributed by atoms with Gasteiger partial charge in [-0.15, -0.1) is 0 Å². The molecule has 0 radical (unpaired) electrons. The lowest BCUT2D eigenvalue weighted by atomic mass is 10.2. The van der Waals surface area contributed by atoms with Crippen LogP contribution in [0.1, 0.15) is 5.56 Å². The fourth-order valence-corrected chi connectivity index (χ4v) is 2.40. The molecule has 0 saturated carbocycles. The number of nitrogens with zero attached hydrogens (tertiary/aromatic N) is 1. The van der Waals surface area contributed by atoms with Gasteiger partial charge in [-0.3, -0.25) is 0 Å². The number of hydrogen-bond donors (Lipinski definition) is 0. The van der Waals surface area contributed by atoms with Crippen molar-refractivity contribution in [2.75, 3.05) is 0 Å². The molecule has 15 heavy (non-hydrogen) atoms. The van der Waals surface area contributed by atoms with Crippen LogP contribution in [0.2, 0.25) is 15.2 Å². The highest BCUT2D eigenvalue weighted by atomic mass is 79.9. The number of aromatic nitrogens is 1. The van der Waals surface area contributed by atoms with Gasteiger partial charge in [0.15, 0.2) is 0 Å². The fraction of sp³-hybridized carbons (Fsp3) is 0.100. The highest BCUT2D eigenvalue weighted by molar-refractivity contribution is 9.10. The van der Waals surface area contributed by atoms with Crippen molar-refractivity contribution in [2.45, 2.75) is 6.92 Å². The number of pyridine rings is 1. The topological polar surface area (TPSA) is 12.9 Å². The molecule has 5 heteroatoms. The van der Waals surface area contributed by atoms with Gasteiger partial charge in [0, 0.05) is 9.86 Å². The predicted octanol–water partition coefficient (Wildman–Crippen LogP) is 5.27. The number of rotatable bonds is 0. The van der Waals surface area contributed by atoms with Crippen LogP contribution >= 0.6 is 50.7 Å². The van der Waals surface area contributed by atoms with Crippen molar-refractivity contribution in [3.63, 3.8) is 0 Å². The maximum Gasteiger partial charge on any atom is 0.132 e. The van der Waals surface area contributed by atoms with E-state index in [9.17, 15) is 0 Å². The Labute approximate surface area is 110 Å². The summed E-state index contributed by atoms with van der Waals surface area (Å²) < 4.78 is 0.755. The van der Waals surface area contributed by atoms with E-state index in [1.54, 1.807) is 0 Å². The molecule has 1 heterocycles. The second-order valence-electron chi connectivity index (χ2n) is 3.15. The van der Waals surface area contributed by atoms with E-state index in [4.69, 9.17) is 34.8 Å². The van der Waals surface area contributed by atoms with Crippen LogP contribution in [-0.2, 0) is 0 Å². The number of fused-ring (bicyclic) bond motifs is 1. The summed E-state index contributed by atoms with van der Waals surface area (Å²) >= 11 is 21.3. The molecule has 0 N–H and O–H groups in total. The third-order valence-electron chi connectivity index (χ3n) is 2.07. The third kappa shape index (κ3) is 1.96. The molecule has 78 valence electrons. The van der Waals surface area contributed by atoms with Crippen molar-refractivity contribution >= 4 is 61.6 Å². The number of halogens is 4. The van der Waals surface area contributed by atoms with Gasteiger partial charge in [-0.25, -0.2) is 4.98 Å². The minimum Gasteiger partial charge on any atom is -0.234 e. The first-order valence-electron chi connectivity index (χ1n) is 4.11. The van der Waals surface area contributed by atoms with Crippen LogP contribution in [0.3, 0.4) is 0 Å². The highest BCUT2D eigenvalue weighted by Crippen LogP contribution is 2.37. The van der Waals surface area contributed by atoms with Gasteiger partial charge in [-0.2, -0.15) is 0 Å². The summed E-state index contributed by atoms with van der Waals surface area (Å²) in [5, 5.41) is 2.24. The van der Waals surface area contributed by atoms with Crippen molar-refractivity contribution in [2.24, 2.45) is 0 Å². The third-order valence-corrected chi connectivity index (χ3v) is 4.17. The molecular formula is C10H5BrCl3N. The van der Waals surface area contributed by atoms with E-state index in [1.165, 1.54) is 0 Å². The number of benzene rings is 1. The lowest BCUT2D eigenvalue weighted by Gasteiger charge is -2.06. The zero-order valence-corrected chi connectivity index (χ0v) is 11.5. The first kappa shape index (κ1) is 11.5. The summed E-state index contributed by atoms with van der Waals surface area (Å²) in [7, 11) is 0. The zero-order valence-electron chi connectivity index (χ0n) is 7.61. The summed E-state index contributed by atoms with van der Waals surface area (Å²) in [5.74, 6) is 0. The largest absolute Gasteiger partial charge is 0.234 e. The van der Waals surface area contributed by atoms with Gasteiger partial charge in [0.1, 0.15) is 5.15 Å². The van der Waals surface area contributed by atoms with Crippen LogP contribution in [0.5, 0.6) is 0 Å². The maximum atomic E-state index is 6.07. The second-order valence-corrected chi connectivity index (χ2v) is 5.12. The van der Waals surface area contributed by atoms with Gasteiger partial charge in [-0.05, 0) is 40.5 Å². The molecule has 0 bridgehead atoms. The fourth-order valence-electron chi connectivity index (χ4n) is 1.31. The molecule has 1 aromatic heterocycles. The molecule has 0 saturated heterocycles. The van der Waals surface area contributed by atoms with Crippen LogP contribution in [0.4, 0.5) is 0 Å². The minimum atomic E-state index is 0.419. The van der Waals surface area contributed by atoms with Gasteiger partial charge in [0.25, 0.3) is 0 Å². The second kappa shape index (κ2) is 4.10. The molecule has 0 aliphatic heterocycles. The van der Waals surface area contributed by atoms with E-state index < -0.39 is 0 Å². The predicted molar refractivity (Wildman–Crippen MR) is 69.2 cm³/mol. The Morgan fingerprint density at radius 1 is 1.13 bits per heavy atom. The van der Waals surface area contributed by atoms with Crippen LogP contribution in [-0.4, -0.2) is 4.98 Å². The first-order valence-corrected chi connectivity index (χ1v) is 6.03. The van der Waals surface area contributed by atoms with Crippen molar-refractivity contribution in [3.8, 4) is 0 Å². The Bertz CT molecular complexity index is 549. The van der Waals surface area contributed by atoms with Crippen molar-refractivity contribution in [1.82, 2.24) is 4.98 Å². The molecule has 0 amide bonds.